The monoisotopic (exact) mass is 953 g/mol. The van der Waals surface area contributed by atoms with E-state index in [2.05, 4.69) is 10.3 Å². The number of nitrogens with two attached hydrogens (primary N) is 7. The van der Waals surface area contributed by atoms with E-state index >= 15 is 28.8 Å². The van der Waals surface area contributed by atoms with Crippen molar-refractivity contribution in [1.29, 1.82) is 0 Å². The summed E-state index contributed by atoms with van der Waals surface area (Å²) in [6.45, 7) is 1.54. The number of carbonyl (C=O) groups excluding carboxylic acids is 6. The largest absolute Gasteiger partial charge is 0.481 e. The predicted molar refractivity (Wildman–Crippen MR) is 244 cm³/mol. The average Bonchev–Trinajstić information content (AvgIpc) is 3.84. The molecule has 0 amide bonds. The number of aliphatic hydroxyl groups is 1. The topological polar surface area (TPSA) is 459 Å². The molecule has 1 saturated heterocycles. The zero-order valence-electron chi connectivity index (χ0n) is 37.8. The standard InChI is InChI=1S/C44H63N11O13/c1-23(56)33(48)35(60)32(34(59)29-16-10-19-52-29)42(2,39(64)30(54-55(67)68)22-25-13-7-4-8-14-25)43(36(61)27(46)17-18-31(57)58,37(62)28(47)21-24-11-5-3-6-12-24)44(51,40(65)66)38(63)26(45)15-9-20-53-41(49)50/h3-8,11-14,23,26-30,32-33,52,54,56H,9-10,15-22,45-48,51H2,1-2H3,(H,57,58)(H,65,66)(H4,49,50,53). The lowest BCUT2D eigenvalue weighted by Crippen LogP contribution is -2.84. The molecule has 1 aliphatic heterocycles. The number of ketones is 6. The van der Waals surface area contributed by atoms with Crippen LogP contribution in [0, 0.1) is 26.9 Å². The summed E-state index contributed by atoms with van der Waals surface area (Å²) in [6.07, 6.45) is -5.71. The van der Waals surface area contributed by atoms with E-state index in [9.17, 15) is 35.0 Å². The van der Waals surface area contributed by atoms with Crippen LogP contribution in [0.25, 0.3) is 0 Å². The molecule has 11 unspecified atom stereocenters. The summed E-state index contributed by atoms with van der Waals surface area (Å²) < 4.78 is 0. The second kappa shape index (κ2) is 24.0. The molecule has 0 aromatic heterocycles. The highest BCUT2D eigenvalue weighted by Crippen LogP contribution is 2.57. The SMILES string of the molecule is CC(O)C(N)C(=O)C(C(=O)C1CCCN1)C(C)(C(=O)C(Cc1ccccc1)N[N+](=O)[O-])C(C(=O)C(N)CCC(=O)O)(C(=O)C(N)Cc1ccccc1)C(N)(C(=O)O)C(=O)C(N)CCCN=C(N)N. The Kier molecular flexibility index (Phi) is 19.8. The zero-order valence-corrected chi connectivity index (χ0v) is 37.8. The van der Waals surface area contributed by atoms with Crippen LogP contribution in [0.15, 0.2) is 65.7 Å². The van der Waals surface area contributed by atoms with Crippen molar-refractivity contribution < 1.29 is 58.7 Å². The summed E-state index contributed by atoms with van der Waals surface area (Å²) in [5.74, 6) is -17.8. The van der Waals surface area contributed by atoms with Crippen LogP contribution in [0.3, 0.4) is 0 Å². The number of aliphatic carboxylic acids is 2. The van der Waals surface area contributed by atoms with E-state index < -0.39 is 148 Å². The number of nitrogens with one attached hydrogen (secondary N) is 2. The van der Waals surface area contributed by atoms with E-state index in [0.717, 1.165) is 6.92 Å². The minimum atomic E-state index is -4.26. The van der Waals surface area contributed by atoms with Crippen molar-refractivity contribution in [1.82, 2.24) is 10.7 Å². The van der Waals surface area contributed by atoms with E-state index in [4.69, 9.17) is 40.1 Å². The molecular formula is C44H63N11O13. The molecule has 1 heterocycles. The summed E-state index contributed by atoms with van der Waals surface area (Å²) in [5.41, 5.74) is 33.6. The first-order valence-corrected chi connectivity index (χ1v) is 21.8. The van der Waals surface area contributed by atoms with E-state index in [1.54, 1.807) is 12.1 Å². The summed E-state index contributed by atoms with van der Waals surface area (Å²) in [4.78, 5) is 138. The molecule has 0 aliphatic carbocycles. The molecule has 372 valence electrons. The van der Waals surface area contributed by atoms with Crippen LogP contribution in [-0.4, -0.2) is 134 Å². The van der Waals surface area contributed by atoms with Gasteiger partial charge in [0.2, 0.25) is 0 Å². The van der Waals surface area contributed by atoms with Gasteiger partial charge in [0.1, 0.15) is 11.5 Å². The number of benzene rings is 2. The molecule has 1 aliphatic rings. The van der Waals surface area contributed by atoms with Crippen molar-refractivity contribution >= 4 is 52.6 Å². The van der Waals surface area contributed by atoms with Crippen LogP contribution in [0.2, 0.25) is 0 Å². The molecule has 0 spiro atoms. The fourth-order valence-corrected chi connectivity index (χ4v) is 9.10. The molecule has 24 heteroatoms. The fourth-order valence-electron chi connectivity index (χ4n) is 9.10. The number of guanidine groups is 1. The summed E-state index contributed by atoms with van der Waals surface area (Å²) >= 11 is 0. The van der Waals surface area contributed by atoms with Gasteiger partial charge in [-0.15, -0.1) is 5.43 Å². The Bertz CT molecular complexity index is 2190. The molecule has 2 aromatic carbocycles. The van der Waals surface area contributed by atoms with Gasteiger partial charge in [0, 0.05) is 19.4 Å². The Morgan fingerprint density at radius 2 is 1.37 bits per heavy atom. The molecule has 19 N–H and O–H groups in total. The minimum absolute atomic E-state index is 0.0791. The van der Waals surface area contributed by atoms with Crippen LogP contribution in [0.4, 0.5) is 0 Å². The van der Waals surface area contributed by atoms with Gasteiger partial charge in [-0.2, -0.15) is 0 Å². The molecule has 3 rings (SSSR count). The number of nitro groups is 1. The van der Waals surface area contributed by atoms with Crippen LogP contribution in [0.1, 0.15) is 63.5 Å². The molecule has 68 heavy (non-hydrogen) atoms. The van der Waals surface area contributed by atoms with Gasteiger partial charge in [-0.05, 0) is 70.0 Å². The Balaban J connectivity index is 2.85. The number of carbonyl (C=O) groups is 8. The van der Waals surface area contributed by atoms with Crippen LogP contribution in [-0.2, 0) is 51.2 Å². The molecule has 2 aromatic rings. The number of carboxylic acids is 2. The minimum Gasteiger partial charge on any atom is -0.481 e. The Morgan fingerprint density at radius 3 is 1.84 bits per heavy atom. The normalized spacial score (nSPS) is 19.4. The average molecular weight is 954 g/mol. The molecule has 24 nitrogen and oxygen atoms in total. The van der Waals surface area contributed by atoms with Gasteiger partial charge in [0.15, 0.2) is 51.2 Å². The number of aliphatic hydroxyl groups excluding tert-OH is 1. The highest BCUT2D eigenvalue weighted by atomic mass is 16.7. The molecule has 0 radical (unpaired) electrons. The highest BCUT2D eigenvalue weighted by molar-refractivity contribution is 6.29. The van der Waals surface area contributed by atoms with E-state index in [0.29, 0.717) is 6.92 Å². The number of hydrazine groups is 1. The van der Waals surface area contributed by atoms with Gasteiger partial charge in [0.25, 0.3) is 0 Å². The molecule has 1 fully saturated rings. The second-order valence-corrected chi connectivity index (χ2v) is 17.2. The highest BCUT2D eigenvalue weighted by Gasteiger charge is 2.80. The number of nitrogens with zero attached hydrogens (tertiary/aromatic N) is 2. The maximum absolute atomic E-state index is 16.3. The predicted octanol–water partition coefficient (Wildman–Crippen LogP) is -3.21. The van der Waals surface area contributed by atoms with Crippen molar-refractivity contribution in [3.63, 3.8) is 0 Å². The van der Waals surface area contributed by atoms with E-state index in [1.165, 1.54) is 48.5 Å². The lowest BCUT2D eigenvalue weighted by atomic mass is 9.41. The number of hydrogen-bond acceptors (Lipinski definition) is 18. The molecule has 11 atom stereocenters. The third-order valence-corrected chi connectivity index (χ3v) is 12.6. The lowest BCUT2D eigenvalue weighted by molar-refractivity contribution is -0.548. The fraction of sp³-hybridized carbons (Fsp3) is 0.523. The van der Waals surface area contributed by atoms with E-state index in [-0.39, 0.29) is 49.4 Å². The van der Waals surface area contributed by atoms with Crippen molar-refractivity contribution in [2.75, 3.05) is 13.1 Å². The van der Waals surface area contributed by atoms with Crippen LogP contribution < -0.4 is 50.9 Å². The third kappa shape index (κ3) is 12.0. The number of Topliss-reactive ketones (excluding diaryl/α,β-unsaturated/α-hetero) is 6. The number of carboxylic acid groups (broad SMARTS) is 2. The smallest absolute Gasteiger partial charge is 0.333 e. The van der Waals surface area contributed by atoms with Crippen molar-refractivity contribution in [3.05, 3.63) is 81.9 Å². The van der Waals surface area contributed by atoms with Crippen molar-refractivity contribution in [2.45, 2.75) is 113 Å². The zero-order chi connectivity index (χ0) is 51.3. The lowest BCUT2D eigenvalue weighted by Gasteiger charge is -2.56. The maximum atomic E-state index is 16.3. The van der Waals surface area contributed by atoms with Gasteiger partial charge < -0.3 is 60.8 Å². The number of aliphatic imine (C=N–C) groups is 1. The van der Waals surface area contributed by atoms with Gasteiger partial charge in [-0.3, -0.25) is 38.6 Å². The van der Waals surface area contributed by atoms with Gasteiger partial charge >= 0.3 is 11.9 Å². The summed E-state index contributed by atoms with van der Waals surface area (Å²) in [5, 5.41) is 46.4. The molecular weight excluding hydrogens is 891 g/mol. The first-order valence-electron chi connectivity index (χ1n) is 21.8. The van der Waals surface area contributed by atoms with Crippen LogP contribution >= 0.6 is 0 Å². The Hall–Kier alpha value is -6.41. The van der Waals surface area contributed by atoms with Gasteiger partial charge in [-0.1, -0.05) is 60.7 Å². The molecule has 0 bridgehead atoms. The van der Waals surface area contributed by atoms with Gasteiger partial charge in [-0.25, -0.2) is 14.9 Å². The van der Waals surface area contributed by atoms with Crippen LogP contribution in [0.5, 0.6) is 0 Å². The first kappa shape index (κ1) is 55.9. The molecule has 0 saturated carbocycles. The Morgan fingerprint density at radius 1 is 0.838 bits per heavy atom. The summed E-state index contributed by atoms with van der Waals surface area (Å²) in [6, 6.07) is 2.20. The van der Waals surface area contributed by atoms with E-state index in [1.807, 2.05) is 5.43 Å². The maximum Gasteiger partial charge on any atom is 0.333 e. The third-order valence-electron chi connectivity index (χ3n) is 12.6. The Labute approximate surface area is 391 Å². The van der Waals surface area contributed by atoms with Crippen molar-refractivity contribution in [3.8, 4) is 0 Å². The first-order chi connectivity index (χ1) is 31.8. The quantitative estimate of drug-likeness (QED) is 0.00915. The van der Waals surface area contributed by atoms with Crippen molar-refractivity contribution in [2.24, 2.45) is 61.9 Å². The number of hydrogen-bond donors (Lipinski definition) is 12. The van der Waals surface area contributed by atoms with Gasteiger partial charge in [0.05, 0.1) is 47.6 Å². The second-order valence-electron chi connectivity index (χ2n) is 17.2. The summed E-state index contributed by atoms with van der Waals surface area (Å²) in [7, 11) is 0. The number of rotatable bonds is 30.